The number of hydrogen-bond donors (Lipinski definition) is 1. The molecule has 0 saturated heterocycles. The first kappa shape index (κ1) is 16.4. The summed E-state index contributed by atoms with van der Waals surface area (Å²) in [6, 6.07) is 0.578. The predicted octanol–water partition coefficient (Wildman–Crippen LogP) is 3.90. The van der Waals surface area contributed by atoms with Gasteiger partial charge in [-0.15, -0.1) is 11.3 Å². The van der Waals surface area contributed by atoms with Gasteiger partial charge in [-0.1, -0.05) is 26.7 Å². The van der Waals surface area contributed by atoms with Crippen molar-refractivity contribution < 1.29 is 0 Å². The fourth-order valence-corrected chi connectivity index (χ4v) is 3.43. The van der Waals surface area contributed by atoms with Crippen LogP contribution in [0.1, 0.15) is 52.3 Å². The van der Waals surface area contributed by atoms with E-state index in [0.717, 1.165) is 30.7 Å². The fourth-order valence-electron chi connectivity index (χ4n) is 2.44. The molecule has 0 aliphatic heterocycles. The number of nitrogens with zero attached hydrogens (tertiary/aromatic N) is 2. The maximum atomic E-state index is 4.53. The number of anilines is 1. The molecule has 0 aliphatic rings. The first-order valence-corrected chi connectivity index (χ1v) is 8.40. The average molecular weight is 283 g/mol. The van der Waals surface area contributed by atoms with E-state index in [1.54, 1.807) is 0 Å². The third-order valence-corrected chi connectivity index (χ3v) is 4.99. The van der Waals surface area contributed by atoms with Gasteiger partial charge in [0.2, 0.25) is 0 Å². The van der Waals surface area contributed by atoms with Crippen LogP contribution in [0.2, 0.25) is 0 Å². The molecule has 4 heteroatoms. The third-order valence-electron chi connectivity index (χ3n) is 3.93. The van der Waals surface area contributed by atoms with Crippen LogP contribution in [0.5, 0.6) is 0 Å². The Bertz CT molecular complexity index is 343. The minimum atomic E-state index is 0.578. The standard InChI is InChI=1S/C15H29N3S/c1-6-13(7-2)12(5)16-10-14-11-17-15(19-14)18(8-3)9-4/h11-13,16H,6-10H2,1-5H3. The zero-order valence-corrected chi connectivity index (χ0v) is 13.9. The number of thiazole rings is 1. The summed E-state index contributed by atoms with van der Waals surface area (Å²) in [6.07, 6.45) is 4.51. The van der Waals surface area contributed by atoms with Gasteiger partial charge in [0.15, 0.2) is 5.13 Å². The first-order chi connectivity index (χ1) is 9.15. The van der Waals surface area contributed by atoms with Crippen molar-refractivity contribution in [3.8, 4) is 0 Å². The summed E-state index contributed by atoms with van der Waals surface area (Å²) in [5, 5.41) is 4.79. The van der Waals surface area contributed by atoms with Crippen molar-refractivity contribution in [2.75, 3.05) is 18.0 Å². The summed E-state index contributed by atoms with van der Waals surface area (Å²) in [6.45, 7) is 14.2. The third kappa shape index (κ3) is 4.77. The average Bonchev–Trinajstić information content (AvgIpc) is 2.88. The van der Waals surface area contributed by atoms with E-state index in [1.165, 1.54) is 17.7 Å². The molecule has 1 unspecified atom stereocenters. The van der Waals surface area contributed by atoms with E-state index in [0.29, 0.717) is 6.04 Å². The molecule has 0 spiro atoms. The molecule has 1 atom stereocenters. The number of nitrogens with one attached hydrogen (secondary N) is 1. The van der Waals surface area contributed by atoms with Crippen LogP contribution < -0.4 is 10.2 Å². The summed E-state index contributed by atoms with van der Waals surface area (Å²) in [5.74, 6) is 0.773. The number of hydrogen-bond acceptors (Lipinski definition) is 4. The molecule has 0 aliphatic carbocycles. The van der Waals surface area contributed by atoms with Crippen LogP contribution in [-0.2, 0) is 6.54 Å². The topological polar surface area (TPSA) is 28.2 Å². The molecule has 1 aromatic heterocycles. The van der Waals surface area contributed by atoms with Gasteiger partial charge in [-0.25, -0.2) is 4.98 Å². The van der Waals surface area contributed by atoms with Gasteiger partial charge in [-0.05, 0) is 26.7 Å². The molecule has 1 heterocycles. The summed E-state index contributed by atoms with van der Waals surface area (Å²) in [7, 11) is 0. The lowest BCUT2D eigenvalue weighted by Gasteiger charge is -2.22. The molecule has 0 bridgehead atoms. The van der Waals surface area contributed by atoms with Gasteiger partial charge < -0.3 is 10.2 Å². The molecule has 0 fully saturated rings. The van der Waals surface area contributed by atoms with Gasteiger partial charge in [0, 0.05) is 36.8 Å². The molecular weight excluding hydrogens is 254 g/mol. The van der Waals surface area contributed by atoms with Crippen LogP contribution in [0, 0.1) is 5.92 Å². The molecule has 1 aromatic rings. The van der Waals surface area contributed by atoms with E-state index in [2.05, 4.69) is 49.8 Å². The van der Waals surface area contributed by atoms with Gasteiger partial charge in [-0.2, -0.15) is 0 Å². The quantitative estimate of drug-likeness (QED) is 0.745. The van der Waals surface area contributed by atoms with E-state index < -0.39 is 0 Å². The predicted molar refractivity (Wildman–Crippen MR) is 86.0 cm³/mol. The van der Waals surface area contributed by atoms with Gasteiger partial charge in [-0.3, -0.25) is 0 Å². The highest BCUT2D eigenvalue weighted by atomic mass is 32.1. The van der Waals surface area contributed by atoms with Crippen molar-refractivity contribution in [3.05, 3.63) is 11.1 Å². The molecule has 3 nitrogen and oxygen atoms in total. The van der Waals surface area contributed by atoms with E-state index in [-0.39, 0.29) is 0 Å². The number of aromatic nitrogens is 1. The molecule has 0 amide bonds. The zero-order chi connectivity index (χ0) is 14.3. The first-order valence-electron chi connectivity index (χ1n) is 7.59. The Morgan fingerprint density at radius 1 is 1.21 bits per heavy atom. The van der Waals surface area contributed by atoms with Gasteiger partial charge >= 0.3 is 0 Å². The Balaban J connectivity index is 2.50. The van der Waals surface area contributed by atoms with E-state index in [1.807, 2.05) is 17.5 Å². The highest BCUT2D eigenvalue weighted by Crippen LogP contribution is 2.22. The Morgan fingerprint density at radius 3 is 2.37 bits per heavy atom. The molecule has 1 rings (SSSR count). The minimum Gasteiger partial charge on any atom is -0.349 e. The van der Waals surface area contributed by atoms with Crippen LogP contribution in [0.3, 0.4) is 0 Å². The summed E-state index contributed by atoms with van der Waals surface area (Å²) in [4.78, 5) is 8.16. The normalized spacial score (nSPS) is 12.9. The Hall–Kier alpha value is -0.610. The SMILES string of the molecule is CCC(CC)C(C)NCc1cnc(N(CC)CC)s1. The summed E-state index contributed by atoms with van der Waals surface area (Å²) >= 11 is 1.81. The largest absolute Gasteiger partial charge is 0.349 e. The summed E-state index contributed by atoms with van der Waals surface area (Å²) < 4.78 is 0. The lowest BCUT2D eigenvalue weighted by Crippen LogP contribution is -2.32. The molecule has 0 radical (unpaired) electrons. The second-order valence-electron chi connectivity index (χ2n) is 5.03. The van der Waals surface area contributed by atoms with Gasteiger partial charge in [0.05, 0.1) is 0 Å². The number of rotatable bonds is 9. The lowest BCUT2D eigenvalue weighted by molar-refractivity contribution is 0.354. The summed E-state index contributed by atoms with van der Waals surface area (Å²) in [5.41, 5.74) is 0. The highest BCUT2D eigenvalue weighted by Gasteiger charge is 2.13. The van der Waals surface area contributed by atoms with Crippen LogP contribution in [-0.4, -0.2) is 24.1 Å². The van der Waals surface area contributed by atoms with Crippen LogP contribution in [0.15, 0.2) is 6.20 Å². The lowest BCUT2D eigenvalue weighted by atomic mass is 9.95. The molecule has 0 saturated carbocycles. The fraction of sp³-hybridized carbons (Fsp3) is 0.800. The van der Waals surface area contributed by atoms with Crippen molar-refractivity contribution in [2.45, 2.75) is 60.0 Å². The van der Waals surface area contributed by atoms with Crippen molar-refractivity contribution in [2.24, 2.45) is 5.92 Å². The Kier molecular flexibility index (Phi) is 7.39. The molecular formula is C15H29N3S. The van der Waals surface area contributed by atoms with Crippen LogP contribution >= 0.6 is 11.3 Å². The van der Waals surface area contributed by atoms with Crippen LogP contribution in [0.4, 0.5) is 5.13 Å². The van der Waals surface area contributed by atoms with Crippen molar-refractivity contribution in [1.82, 2.24) is 10.3 Å². The molecule has 1 N–H and O–H groups in total. The van der Waals surface area contributed by atoms with E-state index >= 15 is 0 Å². The van der Waals surface area contributed by atoms with Crippen molar-refractivity contribution >= 4 is 16.5 Å². The van der Waals surface area contributed by atoms with E-state index in [9.17, 15) is 0 Å². The Morgan fingerprint density at radius 2 is 1.84 bits per heavy atom. The second kappa shape index (κ2) is 8.54. The minimum absolute atomic E-state index is 0.578. The van der Waals surface area contributed by atoms with E-state index in [4.69, 9.17) is 0 Å². The molecule has 110 valence electrons. The van der Waals surface area contributed by atoms with Crippen molar-refractivity contribution in [1.29, 1.82) is 0 Å². The zero-order valence-electron chi connectivity index (χ0n) is 13.1. The van der Waals surface area contributed by atoms with Crippen LogP contribution in [0.25, 0.3) is 0 Å². The second-order valence-corrected chi connectivity index (χ2v) is 6.12. The van der Waals surface area contributed by atoms with Gasteiger partial charge in [0.25, 0.3) is 0 Å². The smallest absolute Gasteiger partial charge is 0.185 e. The highest BCUT2D eigenvalue weighted by molar-refractivity contribution is 7.15. The maximum Gasteiger partial charge on any atom is 0.185 e. The maximum absolute atomic E-state index is 4.53. The van der Waals surface area contributed by atoms with Gasteiger partial charge in [0.1, 0.15) is 0 Å². The molecule has 19 heavy (non-hydrogen) atoms. The Labute approximate surface area is 122 Å². The molecule has 0 aromatic carbocycles. The van der Waals surface area contributed by atoms with Crippen molar-refractivity contribution in [3.63, 3.8) is 0 Å². The monoisotopic (exact) mass is 283 g/mol.